The smallest absolute Gasteiger partial charge is 0.262 e. The van der Waals surface area contributed by atoms with Gasteiger partial charge in [0.25, 0.3) is 11.8 Å². The molecule has 0 aliphatic carbocycles. The van der Waals surface area contributed by atoms with Crippen molar-refractivity contribution in [2.45, 2.75) is 25.1 Å². The van der Waals surface area contributed by atoms with E-state index in [-0.39, 0.29) is 35.6 Å². The van der Waals surface area contributed by atoms with Crippen LogP contribution in [0.3, 0.4) is 0 Å². The Hall–Kier alpha value is -2.81. The van der Waals surface area contributed by atoms with E-state index in [1.54, 1.807) is 4.90 Å². The fraction of sp³-hybridized carbons (Fsp3) is 0.412. The van der Waals surface area contributed by atoms with Crippen molar-refractivity contribution in [3.05, 3.63) is 29.1 Å². The molecule has 3 aliphatic rings. The normalized spacial score (nSPS) is 25.8. The fourth-order valence-corrected chi connectivity index (χ4v) is 3.61. The zero-order valence-corrected chi connectivity index (χ0v) is 13.6. The molecular weight excluding hydrogens is 345 g/mol. The van der Waals surface area contributed by atoms with Crippen molar-refractivity contribution in [1.82, 2.24) is 10.2 Å². The second-order valence-corrected chi connectivity index (χ2v) is 6.75. The van der Waals surface area contributed by atoms with Gasteiger partial charge in [0, 0.05) is 19.0 Å². The molecule has 2 saturated heterocycles. The highest BCUT2D eigenvalue weighted by Gasteiger charge is 2.45. The van der Waals surface area contributed by atoms with Gasteiger partial charge in [0.1, 0.15) is 24.4 Å². The van der Waals surface area contributed by atoms with Crippen molar-refractivity contribution >= 4 is 29.7 Å². The Bertz CT molecular complexity index is 836. The van der Waals surface area contributed by atoms with Crippen LogP contribution in [0.4, 0.5) is 10.1 Å². The van der Waals surface area contributed by atoms with Crippen LogP contribution < -0.4 is 10.2 Å². The first-order valence-electron chi connectivity index (χ1n) is 8.31. The first-order chi connectivity index (χ1) is 12.4. The average Bonchev–Trinajstić information content (AvgIpc) is 2.78. The molecule has 3 amide bonds. The zero-order chi connectivity index (χ0) is 18.6. The summed E-state index contributed by atoms with van der Waals surface area (Å²) in [7, 11) is 0. The topological polar surface area (TPSA) is 107 Å². The van der Waals surface area contributed by atoms with Crippen LogP contribution >= 0.6 is 0 Å². The van der Waals surface area contributed by atoms with E-state index in [1.807, 2.05) is 0 Å². The number of nitrogens with zero attached hydrogens (tertiary/aromatic N) is 2. The molecule has 3 aliphatic heterocycles. The van der Waals surface area contributed by atoms with Gasteiger partial charge < -0.3 is 20.1 Å². The number of carbonyl (C=O) groups excluding carboxylic acids is 4. The molecule has 26 heavy (non-hydrogen) atoms. The van der Waals surface area contributed by atoms with Gasteiger partial charge in [-0.3, -0.25) is 19.3 Å². The molecule has 2 atom stereocenters. The third-order valence-corrected chi connectivity index (χ3v) is 5.07. The van der Waals surface area contributed by atoms with E-state index < -0.39 is 35.8 Å². The number of aldehydes is 1. The third-order valence-electron chi connectivity index (χ3n) is 5.07. The van der Waals surface area contributed by atoms with Crippen LogP contribution in [0, 0.1) is 11.7 Å². The molecule has 0 bridgehead atoms. The van der Waals surface area contributed by atoms with E-state index in [1.165, 1.54) is 6.07 Å². The predicted octanol–water partition coefficient (Wildman–Crippen LogP) is -0.346. The molecule has 0 radical (unpaired) electrons. The fourth-order valence-electron chi connectivity index (χ4n) is 3.61. The van der Waals surface area contributed by atoms with Crippen molar-refractivity contribution in [2.75, 3.05) is 18.0 Å². The summed E-state index contributed by atoms with van der Waals surface area (Å²) in [5, 5.41) is 11.8. The summed E-state index contributed by atoms with van der Waals surface area (Å²) >= 11 is 0. The van der Waals surface area contributed by atoms with Crippen LogP contribution in [0.1, 0.15) is 33.6 Å². The van der Waals surface area contributed by atoms with E-state index in [0.717, 1.165) is 17.3 Å². The molecule has 1 aromatic carbocycles. The van der Waals surface area contributed by atoms with Crippen molar-refractivity contribution in [3.63, 3.8) is 0 Å². The number of fused-ring (bicyclic) bond motifs is 1. The van der Waals surface area contributed by atoms with E-state index in [2.05, 4.69) is 5.32 Å². The Morgan fingerprint density at radius 2 is 1.77 bits per heavy atom. The number of imide groups is 1. The Balaban J connectivity index is 1.64. The van der Waals surface area contributed by atoms with Gasteiger partial charge in [-0.2, -0.15) is 0 Å². The van der Waals surface area contributed by atoms with E-state index in [0.29, 0.717) is 13.1 Å². The molecule has 9 heteroatoms. The van der Waals surface area contributed by atoms with Crippen LogP contribution in [-0.4, -0.2) is 59.4 Å². The van der Waals surface area contributed by atoms with Crippen LogP contribution in [0.2, 0.25) is 0 Å². The van der Waals surface area contributed by atoms with Crippen LogP contribution in [0.25, 0.3) is 0 Å². The largest absolute Gasteiger partial charge is 0.374 e. The van der Waals surface area contributed by atoms with Crippen LogP contribution in [0.15, 0.2) is 12.1 Å². The maximum Gasteiger partial charge on any atom is 0.262 e. The summed E-state index contributed by atoms with van der Waals surface area (Å²) in [6.07, 6.45) is 0.148. The summed E-state index contributed by atoms with van der Waals surface area (Å²) < 4.78 is 14.4. The standard InChI is InChI=1S/C17H16FN3O5/c18-11-3-9-10(4-13(11)20-5-8(6-20)7-22)17(26)21(16(9)25)12-1-2-14(23)19-15(12)24/h3-4,7-8,12,14,23H,1-2,5-6H2,(H,19,24). The molecular formula is C17H16FN3O5. The van der Waals surface area contributed by atoms with Gasteiger partial charge >= 0.3 is 0 Å². The molecule has 8 nitrogen and oxygen atoms in total. The Labute approximate surface area is 147 Å². The number of rotatable bonds is 3. The van der Waals surface area contributed by atoms with Gasteiger partial charge in [0.15, 0.2) is 0 Å². The van der Waals surface area contributed by atoms with Gasteiger partial charge in [0.05, 0.1) is 16.8 Å². The average molecular weight is 361 g/mol. The lowest BCUT2D eigenvalue weighted by atomic mass is 9.99. The van der Waals surface area contributed by atoms with Crippen molar-refractivity contribution in [3.8, 4) is 0 Å². The number of nitrogens with one attached hydrogen (secondary N) is 1. The third kappa shape index (κ3) is 2.38. The Morgan fingerprint density at radius 3 is 2.38 bits per heavy atom. The van der Waals surface area contributed by atoms with Gasteiger partial charge in [-0.25, -0.2) is 4.39 Å². The van der Waals surface area contributed by atoms with Crippen molar-refractivity contribution in [2.24, 2.45) is 5.92 Å². The molecule has 2 unspecified atom stereocenters. The maximum absolute atomic E-state index is 14.4. The number of hydrogen-bond donors (Lipinski definition) is 2. The summed E-state index contributed by atoms with van der Waals surface area (Å²) in [6, 6.07) is 1.29. The molecule has 0 aromatic heterocycles. The second-order valence-electron chi connectivity index (χ2n) is 6.75. The van der Waals surface area contributed by atoms with Crippen LogP contribution in [0.5, 0.6) is 0 Å². The quantitative estimate of drug-likeness (QED) is 0.563. The minimum atomic E-state index is -1.03. The van der Waals surface area contributed by atoms with Gasteiger partial charge in [0.2, 0.25) is 5.91 Å². The highest BCUT2D eigenvalue weighted by atomic mass is 19.1. The first-order valence-corrected chi connectivity index (χ1v) is 8.31. The van der Waals surface area contributed by atoms with Crippen molar-refractivity contribution in [1.29, 1.82) is 0 Å². The zero-order valence-electron chi connectivity index (χ0n) is 13.6. The van der Waals surface area contributed by atoms with Gasteiger partial charge in [-0.1, -0.05) is 0 Å². The number of aliphatic hydroxyl groups is 1. The highest BCUT2D eigenvalue weighted by molar-refractivity contribution is 6.23. The molecule has 2 N–H and O–H groups in total. The molecule has 2 fully saturated rings. The monoisotopic (exact) mass is 361 g/mol. The Morgan fingerprint density at radius 1 is 1.12 bits per heavy atom. The summed E-state index contributed by atoms with van der Waals surface area (Å²) in [4.78, 5) is 50.5. The molecule has 1 aromatic rings. The Kier molecular flexibility index (Phi) is 3.76. The summed E-state index contributed by atoms with van der Waals surface area (Å²) in [5.74, 6) is -2.82. The number of anilines is 1. The van der Waals surface area contributed by atoms with E-state index in [4.69, 9.17) is 0 Å². The number of aliphatic hydroxyl groups excluding tert-OH is 1. The number of carbonyl (C=O) groups is 4. The van der Waals surface area contributed by atoms with E-state index in [9.17, 15) is 28.7 Å². The lowest BCUT2D eigenvalue weighted by Crippen LogP contribution is -2.55. The maximum atomic E-state index is 14.4. The molecule has 4 rings (SSSR count). The first kappa shape index (κ1) is 16.6. The molecule has 0 spiro atoms. The number of halogens is 1. The minimum Gasteiger partial charge on any atom is -0.374 e. The summed E-state index contributed by atoms with van der Waals surface area (Å²) in [6.45, 7) is 0.710. The molecule has 3 heterocycles. The number of hydrogen-bond acceptors (Lipinski definition) is 6. The van der Waals surface area contributed by atoms with Crippen molar-refractivity contribution < 1.29 is 28.7 Å². The number of benzene rings is 1. The number of piperidine rings is 1. The van der Waals surface area contributed by atoms with Gasteiger partial charge in [-0.15, -0.1) is 0 Å². The minimum absolute atomic E-state index is 0.0416. The molecule has 0 saturated carbocycles. The second kappa shape index (κ2) is 5.87. The lowest BCUT2D eigenvalue weighted by Gasteiger charge is -2.38. The van der Waals surface area contributed by atoms with E-state index >= 15 is 0 Å². The predicted molar refractivity (Wildman–Crippen MR) is 85.8 cm³/mol. The summed E-state index contributed by atoms with van der Waals surface area (Å²) in [5.41, 5.74) is 0.121. The SMILES string of the molecule is O=CC1CN(c2cc3c(cc2F)C(=O)N(C2CCC(O)NC2=O)C3=O)C1. The lowest BCUT2D eigenvalue weighted by molar-refractivity contribution is -0.131. The highest BCUT2D eigenvalue weighted by Crippen LogP contribution is 2.34. The molecule has 136 valence electrons. The number of amides is 3. The van der Waals surface area contributed by atoms with Crippen LogP contribution in [-0.2, 0) is 9.59 Å². The van der Waals surface area contributed by atoms with Gasteiger partial charge in [-0.05, 0) is 25.0 Å².